The van der Waals surface area contributed by atoms with E-state index in [1.807, 2.05) is 24.3 Å². The van der Waals surface area contributed by atoms with Gasteiger partial charge in [0.15, 0.2) is 0 Å². The quantitative estimate of drug-likeness (QED) is 0.423. The fourth-order valence-electron chi connectivity index (χ4n) is 3.20. The highest BCUT2D eigenvalue weighted by Crippen LogP contribution is 2.21. The van der Waals surface area contributed by atoms with Crippen molar-refractivity contribution in [2.75, 3.05) is 0 Å². The molecule has 0 heterocycles. The highest BCUT2D eigenvalue weighted by molar-refractivity contribution is 7.89. The first kappa shape index (κ1) is 24.6. The Bertz CT molecular complexity index is 1230. The largest absolute Gasteiger partial charge is 0.343 e. The van der Waals surface area contributed by atoms with Gasteiger partial charge in [-0.25, -0.2) is 13.1 Å². The highest BCUT2D eigenvalue weighted by atomic mass is 35.5. The number of carbonyl (C=O) groups excluding carboxylic acids is 2. The lowest BCUT2D eigenvalue weighted by atomic mass is 10.1. The molecule has 0 bridgehead atoms. The van der Waals surface area contributed by atoms with Crippen molar-refractivity contribution in [3.63, 3.8) is 0 Å². The van der Waals surface area contributed by atoms with Gasteiger partial charge in [0.1, 0.15) is 6.29 Å². The Morgan fingerprint density at radius 1 is 1.00 bits per heavy atom. The van der Waals surface area contributed by atoms with Crippen LogP contribution < -0.4 is 10.0 Å². The fourth-order valence-corrected chi connectivity index (χ4v) is 4.49. The summed E-state index contributed by atoms with van der Waals surface area (Å²) in [6, 6.07) is 20.2. The number of sulfonamides is 1. The van der Waals surface area contributed by atoms with Gasteiger partial charge in [-0.3, -0.25) is 4.79 Å². The second kappa shape index (κ2) is 11.2. The summed E-state index contributed by atoms with van der Waals surface area (Å²) >= 11 is 6.22. The van der Waals surface area contributed by atoms with Crippen molar-refractivity contribution in [3.8, 4) is 0 Å². The van der Waals surface area contributed by atoms with Crippen molar-refractivity contribution in [2.24, 2.45) is 0 Å². The third-order valence-corrected chi connectivity index (χ3v) is 6.93. The van der Waals surface area contributed by atoms with Crippen LogP contribution in [0.2, 0.25) is 5.02 Å². The Morgan fingerprint density at radius 2 is 1.73 bits per heavy atom. The van der Waals surface area contributed by atoms with Gasteiger partial charge in [-0.2, -0.15) is 0 Å². The molecule has 2 N–H and O–H groups in total. The SMILES string of the molecule is CC[C@@H](C=O)NC(=O)c1ccc(CNS(=O)(=O)c2cccc(Cc3ccccc3Cl)c2)cc1. The molecule has 172 valence electrons. The standard InChI is InChI=1S/C25H25ClN2O4S/c1-2-22(17-29)28-25(30)20-12-10-18(11-13-20)16-27-33(31,32)23-8-5-6-19(15-23)14-21-7-3-4-9-24(21)26/h3-13,15,17,22,27H,2,14,16H2,1H3,(H,28,30)/t22-/m0/s1. The van der Waals surface area contributed by atoms with Gasteiger partial charge in [-0.05, 0) is 59.9 Å². The predicted molar refractivity (Wildman–Crippen MR) is 129 cm³/mol. The molecule has 1 atom stereocenters. The Balaban J connectivity index is 1.65. The number of hydrogen-bond acceptors (Lipinski definition) is 4. The van der Waals surface area contributed by atoms with Crippen LogP contribution in [-0.2, 0) is 27.8 Å². The summed E-state index contributed by atoms with van der Waals surface area (Å²) in [4.78, 5) is 23.2. The summed E-state index contributed by atoms with van der Waals surface area (Å²) in [7, 11) is -3.73. The van der Waals surface area contributed by atoms with Crippen LogP contribution in [0.1, 0.15) is 40.4 Å². The molecule has 0 radical (unpaired) electrons. The number of hydrogen-bond donors (Lipinski definition) is 2. The molecule has 0 saturated heterocycles. The zero-order valence-electron chi connectivity index (χ0n) is 18.1. The molecule has 0 fully saturated rings. The second-order valence-corrected chi connectivity index (χ2v) is 9.74. The zero-order chi connectivity index (χ0) is 23.8. The van der Waals surface area contributed by atoms with Crippen molar-refractivity contribution >= 4 is 33.8 Å². The van der Waals surface area contributed by atoms with E-state index in [9.17, 15) is 18.0 Å². The third-order valence-electron chi connectivity index (χ3n) is 5.16. The summed E-state index contributed by atoms with van der Waals surface area (Å²) in [6.07, 6.45) is 1.73. The third kappa shape index (κ3) is 6.74. The number of amides is 1. The minimum Gasteiger partial charge on any atom is -0.343 e. The fraction of sp³-hybridized carbons (Fsp3) is 0.200. The smallest absolute Gasteiger partial charge is 0.251 e. The number of halogens is 1. The summed E-state index contributed by atoms with van der Waals surface area (Å²) in [5.74, 6) is -0.351. The van der Waals surface area contributed by atoms with Crippen molar-refractivity contribution < 1.29 is 18.0 Å². The lowest BCUT2D eigenvalue weighted by Gasteiger charge is -2.11. The van der Waals surface area contributed by atoms with E-state index in [0.717, 1.165) is 11.1 Å². The second-order valence-electron chi connectivity index (χ2n) is 7.56. The molecule has 3 aromatic rings. The summed E-state index contributed by atoms with van der Waals surface area (Å²) in [5.41, 5.74) is 2.85. The van der Waals surface area contributed by atoms with E-state index in [-0.39, 0.29) is 17.3 Å². The minimum atomic E-state index is -3.73. The number of benzene rings is 3. The maximum atomic E-state index is 12.8. The van der Waals surface area contributed by atoms with E-state index < -0.39 is 16.1 Å². The number of aldehydes is 1. The molecule has 0 spiro atoms. The summed E-state index contributed by atoms with van der Waals surface area (Å²) in [6.45, 7) is 1.88. The van der Waals surface area contributed by atoms with Crippen LogP contribution >= 0.6 is 11.6 Å². The number of carbonyl (C=O) groups is 2. The molecule has 33 heavy (non-hydrogen) atoms. The van der Waals surface area contributed by atoms with E-state index in [1.54, 1.807) is 55.5 Å². The number of rotatable bonds is 10. The molecule has 1 amide bonds. The van der Waals surface area contributed by atoms with E-state index in [2.05, 4.69) is 10.0 Å². The molecule has 0 aliphatic carbocycles. The first-order valence-corrected chi connectivity index (χ1v) is 12.4. The number of nitrogens with one attached hydrogen (secondary N) is 2. The van der Waals surface area contributed by atoms with Gasteiger partial charge >= 0.3 is 0 Å². The molecule has 0 saturated carbocycles. The normalized spacial score (nSPS) is 12.2. The summed E-state index contributed by atoms with van der Waals surface area (Å²) < 4.78 is 28.2. The monoisotopic (exact) mass is 484 g/mol. The lowest BCUT2D eigenvalue weighted by molar-refractivity contribution is -0.109. The van der Waals surface area contributed by atoms with Crippen LogP contribution in [-0.4, -0.2) is 26.7 Å². The lowest BCUT2D eigenvalue weighted by Crippen LogP contribution is -2.35. The van der Waals surface area contributed by atoms with Crippen molar-refractivity contribution in [1.29, 1.82) is 0 Å². The molecule has 0 aliphatic heterocycles. The molecular formula is C25H25ClN2O4S. The van der Waals surface area contributed by atoms with Crippen LogP contribution in [0.25, 0.3) is 0 Å². The summed E-state index contributed by atoms with van der Waals surface area (Å²) in [5, 5.41) is 3.27. The zero-order valence-corrected chi connectivity index (χ0v) is 19.7. The first-order valence-electron chi connectivity index (χ1n) is 10.5. The van der Waals surface area contributed by atoms with E-state index >= 15 is 0 Å². The van der Waals surface area contributed by atoms with E-state index in [1.165, 1.54) is 0 Å². The van der Waals surface area contributed by atoms with Crippen molar-refractivity contribution in [2.45, 2.75) is 37.2 Å². The Hall–Kier alpha value is -3.00. The van der Waals surface area contributed by atoms with Crippen LogP contribution in [0, 0.1) is 0 Å². The average molecular weight is 485 g/mol. The van der Waals surface area contributed by atoms with Crippen LogP contribution in [0.5, 0.6) is 0 Å². The van der Waals surface area contributed by atoms with Gasteiger partial charge < -0.3 is 10.1 Å². The van der Waals surface area contributed by atoms with Crippen molar-refractivity contribution in [3.05, 3.63) is 100 Å². The van der Waals surface area contributed by atoms with Gasteiger partial charge in [-0.1, -0.05) is 61.0 Å². The first-order chi connectivity index (χ1) is 15.8. The maximum absolute atomic E-state index is 12.8. The Labute approximate surface area is 199 Å². The minimum absolute atomic E-state index is 0.0743. The molecule has 3 rings (SSSR count). The van der Waals surface area contributed by atoms with E-state index in [4.69, 9.17) is 11.6 Å². The van der Waals surface area contributed by atoms with Crippen molar-refractivity contribution in [1.82, 2.24) is 10.0 Å². The topological polar surface area (TPSA) is 92.3 Å². The molecule has 6 nitrogen and oxygen atoms in total. The Kier molecular flexibility index (Phi) is 8.38. The van der Waals surface area contributed by atoms with Gasteiger partial charge in [-0.15, -0.1) is 0 Å². The Morgan fingerprint density at radius 3 is 2.39 bits per heavy atom. The molecular weight excluding hydrogens is 460 g/mol. The van der Waals surface area contributed by atoms with Gasteiger partial charge in [0.05, 0.1) is 10.9 Å². The van der Waals surface area contributed by atoms with Crippen LogP contribution in [0.15, 0.2) is 77.7 Å². The molecule has 0 unspecified atom stereocenters. The van der Waals surface area contributed by atoms with Gasteiger partial charge in [0.2, 0.25) is 10.0 Å². The molecule has 3 aromatic carbocycles. The van der Waals surface area contributed by atoms with Crippen LogP contribution in [0.4, 0.5) is 0 Å². The van der Waals surface area contributed by atoms with Crippen LogP contribution in [0.3, 0.4) is 0 Å². The highest BCUT2D eigenvalue weighted by Gasteiger charge is 2.15. The average Bonchev–Trinajstić information content (AvgIpc) is 2.83. The predicted octanol–water partition coefficient (Wildman–Crippen LogP) is 4.12. The van der Waals surface area contributed by atoms with Gasteiger partial charge in [0.25, 0.3) is 5.91 Å². The van der Waals surface area contributed by atoms with E-state index in [0.29, 0.717) is 35.3 Å². The van der Waals surface area contributed by atoms with Gasteiger partial charge in [0, 0.05) is 17.1 Å². The maximum Gasteiger partial charge on any atom is 0.251 e. The molecule has 0 aromatic heterocycles. The molecule has 8 heteroatoms. The molecule has 0 aliphatic rings.